The zero-order valence-corrected chi connectivity index (χ0v) is 16.4. The van der Waals surface area contributed by atoms with Crippen LogP contribution in [-0.2, 0) is 13.1 Å². The van der Waals surface area contributed by atoms with E-state index in [1.807, 2.05) is 18.2 Å². The highest BCUT2D eigenvalue weighted by atomic mass is 35.5. The predicted octanol–water partition coefficient (Wildman–Crippen LogP) is 6.40. The van der Waals surface area contributed by atoms with E-state index in [4.69, 9.17) is 11.6 Å². The molecule has 1 aromatic heterocycles. The van der Waals surface area contributed by atoms with Crippen molar-refractivity contribution in [1.82, 2.24) is 9.88 Å². The molecule has 0 saturated heterocycles. The fourth-order valence-corrected chi connectivity index (χ4v) is 3.72. The van der Waals surface area contributed by atoms with E-state index in [1.54, 1.807) is 0 Å². The molecule has 2 aromatic carbocycles. The van der Waals surface area contributed by atoms with E-state index < -0.39 is 0 Å². The van der Waals surface area contributed by atoms with Crippen molar-refractivity contribution in [2.75, 3.05) is 6.54 Å². The third kappa shape index (κ3) is 5.12. The maximum absolute atomic E-state index is 6.15. The number of hydrogen-bond donors (Lipinski definition) is 1. The van der Waals surface area contributed by atoms with Gasteiger partial charge in [0.15, 0.2) is 0 Å². The molecule has 3 heteroatoms. The fourth-order valence-electron chi connectivity index (χ4n) is 3.50. The number of benzene rings is 2. The van der Waals surface area contributed by atoms with Crippen LogP contribution in [0.3, 0.4) is 0 Å². The fraction of sp³-hybridized carbons (Fsp3) is 0.391. The van der Waals surface area contributed by atoms with Crippen LogP contribution in [-0.4, -0.2) is 11.1 Å². The van der Waals surface area contributed by atoms with Gasteiger partial charge in [-0.05, 0) is 42.3 Å². The zero-order valence-electron chi connectivity index (χ0n) is 15.7. The van der Waals surface area contributed by atoms with Gasteiger partial charge in [-0.1, -0.05) is 74.5 Å². The minimum Gasteiger partial charge on any atom is -0.343 e. The normalized spacial score (nSPS) is 11.3. The predicted molar refractivity (Wildman–Crippen MR) is 113 cm³/mol. The lowest BCUT2D eigenvalue weighted by atomic mass is 10.1. The Hall–Kier alpha value is -1.77. The number of halogens is 1. The van der Waals surface area contributed by atoms with Crippen molar-refractivity contribution >= 4 is 22.5 Å². The lowest BCUT2D eigenvalue weighted by Gasteiger charge is -2.06. The van der Waals surface area contributed by atoms with E-state index in [0.29, 0.717) is 0 Å². The number of hydrogen-bond acceptors (Lipinski definition) is 1. The smallest absolute Gasteiger partial charge is 0.0486 e. The summed E-state index contributed by atoms with van der Waals surface area (Å²) in [6.45, 7) is 5.13. The van der Waals surface area contributed by atoms with Crippen LogP contribution in [0.1, 0.15) is 50.2 Å². The standard InChI is InChI=1S/C23H29ClN2/c1-2-3-4-5-8-14-25-16-20-18-26(23-13-7-6-12-22(20)23)17-19-10-9-11-21(24)15-19/h6-7,9-13,15,18,25H,2-5,8,14,16-17H2,1H3. The molecule has 3 aromatic rings. The van der Waals surface area contributed by atoms with E-state index >= 15 is 0 Å². The van der Waals surface area contributed by atoms with Gasteiger partial charge in [-0.25, -0.2) is 0 Å². The van der Waals surface area contributed by atoms with E-state index in [0.717, 1.165) is 24.7 Å². The number of rotatable bonds is 10. The Bertz CT molecular complexity index is 822. The molecular weight excluding hydrogens is 340 g/mol. The first-order chi connectivity index (χ1) is 12.8. The van der Waals surface area contributed by atoms with E-state index in [1.165, 1.54) is 54.1 Å². The number of nitrogens with one attached hydrogen (secondary N) is 1. The molecule has 0 atom stereocenters. The van der Waals surface area contributed by atoms with E-state index in [9.17, 15) is 0 Å². The third-order valence-corrected chi connectivity index (χ3v) is 5.12. The molecule has 0 radical (unpaired) electrons. The highest BCUT2D eigenvalue weighted by molar-refractivity contribution is 6.30. The van der Waals surface area contributed by atoms with Crippen LogP contribution in [0.5, 0.6) is 0 Å². The summed E-state index contributed by atoms with van der Waals surface area (Å²) in [5.74, 6) is 0. The van der Waals surface area contributed by atoms with E-state index in [2.05, 4.69) is 53.3 Å². The summed E-state index contributed by atoms with van der Waals surface area (Å²) < 4.78 is 2.33. The largest absolute Gasteiger partial charge is 0.343 e. The molecule has 3 rings (SSSR count). The maximum Gasteiger partial charge on any atom is 0.0486 e. The summed E-state index contributed by atoms with van der Waals surface area (Å²) in [6, 6.07) is 16.8. The molecular formula is C23H29ClN2. The van der Waals surface area contributed by atoms with Crippen LogP contribution in [0.2, 0.25) is 5.02 Å². The van der Waals surface area contributed by atoms with Crippen LogP contribution < -0.4 is 5.32 Å². The lowest BCUT2D eigenvalue weighted by Crippen LogP contribution is -2.14. The first-order valence-electron chi connectivity index (χ1n) is 9.80. The third-order valence-electron chi connectivity index (χ3n) is 4.89. The van der Waals surface area contributed by atoms with Crippen molar-refractivity contribution in [3.8, 4) is 0 Å². The first-order valence-corrected chi connectivity index (χ1v) is 10.2. The van der Waals surface area contributed by atoms with Crippen LogP contribution in [0, 0.1) is 0 Å². The molecule has 0 aliphatic carbocycles. The first kappa shape index (κ1) is 19.0. The Morgan fingerprint density at radius 1 is 0.962 bits per heavy atom. The number of para-hydroxylation sites is 1. The number of fused-ring (bicyclic) bond motifs is 1. The van der Waals surface area contributed by atoms with E-state index in [-0.39, 0.29) is 0 Å². The number of unbranched alkanes of at least 4 members (excludes halogenated alkanes) is 4. The highest BCUT2D eigenvalue weighted by Gasteiger charge is 2.08. The average Bonchev–Trinajstić information content (AvgIpc) is 2.99. The number of aromatic nitrogens is 1. The van der Waals surface area contributed by atoms with Crippen molar-refractivity contribution in [1.29, 1.82) is 0 Å². The topological polar surface area (TPSA) is 17.0 Å². The molecule has 0 aliphatic rings. The second-order valence-corrected chi connectivity index (χ2v) is 7.46. The molecule has 0 fully saturated rings. The van der Waals surface area contributed by atoms with Gasteiger partial charge in [0.1, 0.15) is 0 Å². The lowest BCUT2D eigenvalue weighted by molar-refractivity contribution is 0.584. The van der Waals surface area contributed by atoms with Crippen LogP contribution in [0.25, 0.3) is 10.9 Å². The van der Waals surface area contributed by atoms with Gasteiger partial charge in [0.25, 0.3) is 0 Å². The summed E-state index contributed by atoms with van der Waals surface area (Å²) in [5, 5.41) is 5.76. The molecule has 0 saturated carbocycles. The van der Waals surface area contributed by atoms with Gasteiger partial charge in [0, 0.05) is 35.2 Å². The second-order valence-electron chi connectivity index (χ2n) is 7.02. The minimum absolute atomic E-state index is 0.795. The summed E-state index contributed by atoms with van der Waals surface area (Å²) in [5.41, 5.74) is 3.89. The van der Waals surface area contributed by atoms with Gasteiger partial charge < -0.3 is 9.88 Å². The van der Waals surface area contributed by atoms with Crippen LogP contribution >= 0.6 is 11.6 Å². The number of nitrogens with zero attached hydrogens (tertiary/aromatic N) is 1. The monoisotopic (exact) mass is 368 g/mol. The van der Waals surface area contributed by atoms with Gasteiger partial charge in [0.05, 0.1) is 0 Å². The second kappa shape index (κ2) is 9.80. The summed E-state index contributed by atoms with van der Waals surface area (Å²) in [6.07, 6.45) is 8.90. The maximum atomic E-state index is 6.15. The molecule has 0 amide bonds. The van der Waals surface area contributed by atoms with Crippen LogP contribution in [0.15, 0.2) is 54.7 Å². The summed E-state index contributed by atoms with van der Waals surface area (Å²) >= 11 is 6.15. The van der Waals surface area contributed by atoms with Gasteiger partial charge in [-0.15, -0.1) is 0 Å². The van der Waals surface area contributed by atoms with Crippen molar-refractivity contribution in [3.63, 3.8) is 0 Å². The average molecular weight is 369 g/mol. The Morgan fingerprint density at radius 2 is 1.81 bits per heavy atom. The van der Waals surface area contributed by atoms with Crippen molar-refractivity contribution in [2.45, 2.75) is 52.1 Å². The van der Waals surface area contributed by atoms with Gasteiger partial charge >= 0.3 is 0 Å². The van der Waals surface area contributed by atoms with Gasteiger partial charge in [0.2, 0.25) is 0 Å². The summed E-state index contributed by atoms with van der Waals surface area (Å²) in [4.78, 5) is 0. The molecule has 138 valence electrons. The van der Waals surface area contributed by atoms with Gasteiger partial charge in [-0.2, -0.15) is 0 Å². The molecule has 1 N–H and O–H groups in total. The Morgan fingerprint density at radius 3 is 2.65 bits per heavy atom. The molecule has 0 bridgehead atoms. The molecule has 2 nitrogen and oxygen atoms in total. The molecule has 0 spiro atoms. The quantitative estimate of drug-likeness (QED) is 0.409. The molecule has 0 aliphatic heterocycles. The van der Waals surface area contributed by atoms with Crippen LogP contribution in [0.4, 0.5) is 0 Å². The Labute approximate surface area is 162 Å². The molecule has 0 unspecified atom stereocenters. The Kier molecular flexibility index (Phi) is 7.16. The molecule has 1 heterocycles. The van der Waals surface area contributed by atoms with Crippen molar-refractivity contribution in [2.24, 2.45) is 0 Å². The zero-order chi connectivity index (χ0) is 18.2. The minimum atomic E-state index is 0.795. The summed E-state index contributed by atoms with van der Waals surface area (Å²) in [7, 11) is 0. The SMILES string of the molecule is CCCCCCCNCc1cn(Cc2cccc(Cl)c2)c2ccccc12. The highest BCUT2D eigenvalue weighted by Crippen LogP contribution is 2.23. The van der Waals surface area contributed by atoms with Crippen molar-refractivity contribution in [3.05, 3.63) is 70.9 Å². The van der Waals surface area contributed by atoms with Crippen molar-refractivity contribution < 1.29 is 0 Å². The Balaban J connectivity index is 1.65. The van der Waals surface area contributed by atoms with Gasteiger partial charge in [-0.3, -0.25) is 0 Å². The molecule has 26 heavy (non-hydrogen) atoms.